The van der Waals surface area contributed by atoms with Gasteiger partial charge < -0.3 is 14.0 Å². The molecule has 0 bridgehead atoms. The van der Waals surface area contributed by atoms with Crippen molar-refractivity contribution in [1.29, 1.82) is 0 Å². The van der Waals surface area contributed by atoms with Crippen molar-refractivity contribution in [2.45, 2.75) is 45.5 Å². The molecule has 4 rings (SSSR count). The Kier molecular flexibility index (Phi) is 5.24. The largest absolute Gasteiger partial charge is 0.494 e. The molecular weight excluding hydrogens is 359 g/mol. The average molecular weight is 386 g/mol. The van der Waals surface area contributed by atoms with Crippen molar-refractivity contribution >= 4 is 12.6 Å². The van der Waals surface area contributed by atoms with Gasteiger partial charge in [-0.05, 0) is 50.4 Å². The lowest BCUT2D eigenvalue weighted by molar-refractivity contribution is 0.00578. The Morgan fingerprint density at radius 2 is 1.34 bits per heavy atom. The molecule has 0 N–H and O–H groups in total. The molecule has 0 amide bonds. The number of hydrogen-bond acceptors (Lipinski definition) is 3. The lowest BCUT2D eigenvalue weighted by atomic mass is 9.77. The van der Waals surface area contributed by atoms with Gasteiger partial charge in [-0.15, -0.1) is 0 Å². The van der Waals surface area contributed by atoms with Gasteiger partial charge in [-0.3, -0.25) is 0 Å². The van der Waals surface area contributed by atoms with Crippen LogP contribution < -0.4 is 10.2 Å². The molecule has 148 valence electrons. The summed E-state index contributed by atoms with van der Waals surface area (Å²) < 4.78 is 18.7. The SMILES string of the molecule is CC1(C)OB(c2ccc(OCc3ccccc3)c(-c3ccccc3)c2)OC1(C)C. The highest BCUT2D eigenvalue weighted by atomic mass is 16.7. The van der Waals surface area contributed by atoms with Crippen molar-refractivity contribution in [2.75, 3.05) is 0 Å². The number of ether oxygens (including phenoxy) is 1. The summed E-state index contributed by atoms with van der Waals surface area (Å²) in [6, 6.07) is 26.7. The smallest absolute Gasteiger partial charge is 0.488 e. The first-order chi connectivity index (χ1) is 13.9. The van der Waals surface area contributed by atoms with Gasteiger partial charge in [0.15, 0.2) is 0 Å². The molecule has 1 saturated heterocycles. The van der Waals surface area contributed by atoms with Gasteiger partial charge in [-0.2, -0.15) is 0 Å². The zero-order valence-electron chi connectivity index (χ0n) is 17.5. The van der Waals surface area contributed by atoms with Crippen molar-refractivity contribution in [1.82, 2.24) is 0 Å². The summed E-state index contributed by atoms with van der Waals surface area (Å²) in [5, 5.41) is 0. The van der Waals surface area contributed by atoms with Crippen molar-refractivity contribution in [2.24, 2.45) is 0 Å². The Labute approximate surface area is 173 Å². The normalized spacial score (nSPS) is 17.3. The van der Waals surface area contributed by atoms with E-state index in [9.17, 15) is 0 Å². The highest BCUT2D eigenvalue weighted by molar-refractivity contribution is 6.62. The Morgan fingerprint density at radius 1 is 0.759 bits per heavy atom. The van der Waals surface area contributed by atoms with Crippen LogP contribution in [-0.2, 0) is 15.9 Å². The molecule has 0 unspecified atom stereocenters. The second kappa shape index (κ2) is 7.70. The van der Waals surface area contributed by atoms with Crippen molar-refractivity contribution < 1.29 is 14.0 Å². The van der Waals surface area contributed by atoms with Crippen LogP contribution in [0.3, 0.4) is 0 Å². The van der Waals surface area contributed by atoms with Gasteiger partial charge in [0.2, 0.25) is 0 Å². The van der Waals surface area contributed by atoms with Crippen molar-refractivity contribution in [3.05, 3.63) is 84.4 Å². The third kappa shape index (κ3) is 4.09. The Bertz CT molecular complexity index is 952. The van der Waals surface area contributed by atoms with Gasteiger partial charge in [0, 0.05) is 5.56 Å². The molecule has 3 aromatic carbocycles. The predicted octanol–water partition coefficient (Wildman–Crippen LogP) is 5.23. The molecule has 0 spiro atoms. The third-order valence-electron chi connectivity index (χ3n) is 5.85. The maximum absolute atomic E-state index is 6.25. The number of hydrogen-bond donors (Lipinski definition) is 0. The van der Waals surface area contributed by atoms with E-state index in [0.717, 1.165) is 27.9 Å². The molecule has 1 aliphatic heterocycles. The summed E-state index contributed by atoms with van der Waals surface area (Å²) in [4.78, 5) is 0. The van der Waals surface area contributed by atoms with Crippen LogP contribution in [0.25, 0.3) is 11.1 Å². The summed E-state index contributed by atoms with van der Waals surface area (Å²) in [6.45, 7) is 8.81. The van der Waals surface area contributed by atoms with E-state index in [1.54, 1.807) is 0 Å². The summed E-state index contributed by atoms with van der Waals surface area (Å²) in [5.41, 5.74) is 3.54. The second-order valence-corrected chi connectivity index (χ2v) is 8.48. The van der Waals surface area contributed by atoms with Gasteiger partial charge in [0.25, 0.3) is 0 Å². The molecule has 3 aromatic rings. The van der Waals surface area contributed by atoms with E-state index in [2.05, 4.69) is 58.0 Å². The minimum atomic E-state index is -0.398. The molecule has 0 aliphatic carbocycles. The molecular formula is C25H27BO3. The molecule has 0 aromatic heterocycles. The van der Waals surface area contributed by atoms with Crippen LogP contribution >= 0.6 is 0 Å². The Morgan fingerprint density at radius 3 is 1.97 bits per heavy atom. The molecule has 3 nitrogen and oxygen atoms in total. The highest BCUT2D eigenvalue weighted by Crippen LogP contribution is 2.37. The van der Waals surface area contributed by atoms with E-state index in [-0.39, 0.29) is 11.2 Å². The Balaban J connectivity index is 1.66. The Hall–Kier alpha value is -2.56. The molecule has 0 atom stereocenters. The zero-order chi connectivity index (χ0) is 20.5. The van der Waals surface area contributed by atoms with Crippen LogP contribution in [0, 0.1) is 0 Å². The third-order valence-corrected chi connectivity index (χ3v) is 5.85. The predicted molar refractivity (Wildman–Crippen MR) is 118 cm³/mol. The maximum Gasteiger partial charge on any atom is 0.494 e. The summed E-state index contributed by atoms with van der Waals surface area (Å²) >= 11 is 0. The standard InChI is InChI=1S/C25H27BO3/c1-24(2)25(3,4)29-26(28-24)21-15-16-23(27-18-19-11-7-5-8-12-19)22(17-21)20-13-9-6-10-14-20/h5-17H,18H2,1-4H3. The first-order valence-electron chi connectivity index (χ1n) is 10.1. The second-order valence-electron chi connectivity index (χ2n) is 8.48. The van der Waals surface area contributed by atoms with E-state index in [1.807, 2.05) is 48.5 Å². The van der Waals surface area contributed by atoms with Gasteiger partial charge in [0.1, 0.15) is 12.4 Å². The van der Waals surface area contributed by atoms with Crippen LogP contribution in [0.2, 0.25) is 0 Å². The van der Waals surface area contributed by atoms with Crippen molar-refractivity contribution in [3.8, 4) is 16.9 Å². The summed E-state index contributed by atoms with van der Waals surface area (Å²) in [7, 11) is -0.398. The minimum Gasteiger partial charge on any atom is -0.488 e. The highest BCUT2D eigenvalue weighted by Gasteiger charge is 2.51. The van der Waals surface area contributed by atoms with Gasteiger partial charge in [0.05, 0.1) is 11.2 Å². The maximum atomic E-state index is 6.25. The van der Waals surface area contributed by atoms with Crippen molar-refractivity contribution in [3.63, 3.8) is 0 Å². The quantitative estimate of drug-likeness (QED) is 0.562. The van der Waals surface area contributed by atoms with E-state index in [4.69, 9.17) is 14.0 Å². The summed E-state index contributed by atoms with van der Waals surface area (Å²) in [6.07, 6.45) is 0. The van der Waals surface area contributed by atoms with E-state index < -0.39 is 7.12 Å². The number of benzene rings is 3. The van der Waals surface area contributed by atoms with Crippen LogP contribution in [0.4, 0.5) is 0 Å². The molecule has 4 heteroatoms. The van der Waals surface area contributed by atoms with Crippen LogP contribution in [0.15, 0.2) is 78.9 Å². The van der Waals surface area contributed by atoms with Gasteiger partial charge in [-0.1, -0.05) is 72.8 Å². The number of rotatable bonds is 5. The first kappa shape index (κ1) is 19.7. The van der Waals surface area contributed by atoms with Gasteiger partial charge >= 0.3 is 7.12 Å². The van der Waals surface area contributed by atoms with Gasteiger partial charge in [-0.25, -0.2) is 0 Å². The van der Waals surface area contributed by atoms with Crippen LogP contribution in [-0.4, -0.2) is 18.3 Å². The molecule has 0 saturated carbocycles. The minimum absolute atomic E-state index is 0.368. The fraction of sp³-hybridized carbons (Fsp3) is 0.280. The zero-order valence-corrected chi connectivity index (χ0v) is 17.5. The fourth-order valence-electron chi connectivity index (χ4n) is 3.38. The monoisotopic (exact) mass is 386 g/mol. The van der Waals surface area contributed by atoms with E-state index >= 15 is 0 Å². The van der Waals surface area contributed by atoms with E-state index in [0.29, 0.717) is 6.61 Å². The lowest BCUT2D eigenvalue weighted by Crippen LogP contribution is -2.41. The summed E-state index contributed by atoms with van der Waals surface area (Å²) in [5.74, 6) is 0.848. The molecule has 1 fully saturated rings. The van der Waals surface area contributed by atoms with E-state index in [1.165, 1.54) is 0 Å². The lowest BCUT2D eigenvalue weighted by Gasteiger charge is -2.32. The molecule has 1 heterocycles. The first-order valence-corrected chi connectivity index (χ1v) is 10.1. The average Bonchev–Trinajstić information content (AvgIpc) is 2.95. The fourth-order valence-corrected chi connectivity index (χ4v) is 3.38. The molecule has 0 radical (unpaired) electrons. The molecule has 29 heavy (non-hydrogen) atoms. The molecule has 1 aliphatic rings. The topological polar surface area (TPSA) is 27.7 Å². The van der Waals surface area contributed by atoms with Crippen LogP contribution in [0.1, 0.15) is 33.3 Å². The van der Waals surface area contributed by atoms with Crippen LogP contribution in [0.5, 0.6) is 5.75 Å².